The highest BCUT2D eigenvalue weighted by molar-refractivity contribution is 9.10. The summed E-state index contributed by atoms with van der Waals surface area (Å²) in [7, 11) is 0. The minimum atomic E-state index is -0.0777. The van der Waals surface area contributed by atoms with Crippen LogP contribution in [0.25, 0.3) is 0 Å². The smallest absolute Gasteiger partial charge is 0.251 e. The summed E-state index contributed by atoms with van der Waals surface area (Å²) in [6.07, 6.45) is 0. The van der Waals surface area contributed by atoms with Gasteiger partial charge >= 0.3 is 0 Å². The van der Waals surface area contributed by atoms with Gasteiger partial charge in [-0.05, 0) is 30.7 Å². The average molecular weight is 257 g/mol. The van der Waals surface area contributed by atoms with Crippen molar-refractivity contribution in [3.63, 3.8) is 0 Å². The lowest BCUT2D eigenvalue weighted by atomic mass is 10.1. The fourth-order valence-corrected chi connectivity index (χ4v) is 1.32. The summed E-state index contributed by atoms with van der Waals surface area (Å²) in [5.74, 6) is -0.0777. The third kappa shape index (κ3) is 2.82. The van der Waals surface area contributed by atoms with Crippen molar-refractivity contribution in [2.45, 2.75) is 6.92 Å². The second kappa shape index (κ2) is 5.12. The summed E-state index contributed by atoms with van der Waals surface area (Å²) in [6.45, 7) is 2.92. The van der Waals surface area contributed by atoms with E-state index in [0.717, 1.165) is 10.0 Å². The number of hydrogen-bond acceptors (Lipinski definition) is 2. The Balaban J connectivity index is 2.76. The minimum absolute atomic E-state index is 0.0777. The number of nitrogens with one attached hydrogen (secondary N) is 1. The van der Waals surface area contributed by atoms with Crippen molar-refractivity contribution in [3.8, 4) is 0 Å². The number of carbonyl (C=O) groups excluding carboxylic acids is 1. The van der Waals surface area contributed by atoms with Crippen LogP contribution in [-0.2, 0) is 0 Å². The molecule has 0 aliphatic rings. The molecule has 76 valence electrons. The molecule has 0 aromatic heterocycles. The van der Waals surface area contributed by atoms with Gasteiger partial charge in [0.1, 0.15) is 0 Å². The maximum absolute atomic E-state index is 11.5. The first-order chi connectivity index (χ1) is 6.65. The highest BCUT2D eigenvalue weighted by atomic mass is 79.9. The fourth-order valence-electron chi connectivity index (χ4n) is 1.07. The van der Waals surface area contributed by atoms with Gasteiger partial charge in [0.2, 0.25) is 0 Å². The molecule has 0 spiro atoms. The molecule has 0 fully saturated rings. The lowest BCUT2D eigenvalue weighted by molar-refractivity contribution is 0.0954. The van der Waals surface area contributed by atoms with Crippen LogP contribution in [0.4, 0.5) is 0 Å². The van der Waals surface area contributed by atoms with Crippen molar-refractivity contribution >= 4 is 21.8 Å². The quantitative estimate of drug-likeness (QED) is 0.861. The first-order valence-electron chi connectivity index (χ1n) is 4.39. The van der Waals surface area contributed by atoms with Gasteiger partial charge in [-0.3, -0.25) is 4.79 Å². The van der Waals surface area contributed by atoms with Crippen molar-refractivity contribution < 1.29 is 4.79 Å². The monoisotopic (exact) mass is 256 g/mol. The maximum Gasteiger partial charge on any atom is 0.251 e. The van der Waals surface area contributed by atoms with E-state index in [0.29, 0.717) is 18.7 Å². The Kier molecular flexibility index (Phi) is 4.10. The minimum Gasteiger partial charge on any atom is -0.351 e. The fraction of sp³-hybridized carbons (Fsp3) is 0.300. The summed E-state index contributed by atoms with van der Waals surface area (Å²) in [6, 6.07) is 5.49. The van der Waals surface area contributed by atoms with E-state index in [1.54, 1.807) is 6.07 Å². The standard InChI is InChI=1S/C10H13BrN2O/c1-7-6-8(2-3-9(7)11)10(14)13-5-4-12/h2-3,6H,4-5,12H2,1H3,(H,13,14). The molecule has 3 N–H and O–H groups in total. The molecular formula is C10H13BrN2O. The van der Waals surface area contributed by atoms with Gasteiger partial charge in [0.05, 0.1) is 0 Å². The Labute approximate surface area is 91.8 Å². The van der Waals surface area contributed by atoms with Gasteiger partial charge < -0.3 is 11.1 Å². The van der Waals surface area contributed by atoms with Crippen molar-refractivity contribution in [1.29, 1.82) is 0 Å². The zero-order valence-corrected chi connectivity index (χ0v) is 9.60. The number of benzene rings is 1. The third-order valence-corrected chi connectivity index (χ3v) is 2.74. The van der Waals surface area contributed by atoms with Gasteiger partial charge in [0, 0.05) is 23.1 Å². The van der Waals surface area contributed by atoms with Crippen LogP contribution in [0.2, 0.25) is 0 Å². The molecule has 0 unspecified atom stereocenters. The Hall–Kier alpha value is -0.870. The number of nitrogens with two attached hydrogens (primary N) is 1. The molecule has 0 atom stereocenters. The van der Waals surface area contributed by atoms with Crippen molar-refractivity contribution in [2.24, 2.45) is 5.73 Å². The number of hydrogen-bond donors (Lipinski definition) is 2. The van der Waals surface area contributed by atoms with Crippen LogP contribution in [0.3, 0.4) is 0 Å². The van der Waals surface area contributed by atoms with Gasteiger partial charge in [0.25, 0.3) is 5.91 Å². The van der Waals surface area contributed by atoms with E-state index in [2.05, 4.69) is 21.2 Å². The van der Waals surface area contributed by atoms with Crippen molar-refractivity contribution in [2.75, 3.05) is 13.1 Å². The number of carbonyl (C=O) groups is 1. The predicted molar refractivity (Wildman–Crippen MR) is 60.3 cm³/mol. The molecular weight excluding hydrogens is 244 g/mol. The van der Waals surface area contributed by atoms with Crippen LogP contribution in [0.5, 0.6) is 0 Å². The molecule has 0 bridgehead atoms. The molecule has 1 amide bonds. The van der Waals surface area contributed by atoms with E-state index in [4.69, 9.17) is 5.73 Å². The number of halogens is 1. The summed E-state index contributed by atoms with van der Waals surface area (Å²) in [5, 5.41) is 2.72. The first-order valence-corrected chi connectivity index (χ1v) is 5.19. The summed E-state index contributed by atoms with van der Waals surface area (Å²) in [4.78, 5) is 11.5. The largest absolute Gasteiger partial charge is 0.351 e. The highest BCUT2D eigenvalue weighted by Crippen LogP contribution is 2.16. The Morgan fingerprint density at radius 3 is 2.86 bits per heavy atom. The first kappa shape index (κ1) is 11.2. The maximum atomic E-state index is 11.5. The van der Waals surface area contributed by atoms with Gasteiger partial charge in [-0.25, -0.2) is 0 Å². The molecule has 14 heavy (non-hydrogen) atoms. The molecule has 0 saturated heterocycles. The van der Waals surface area contributed by atoms with Gasteiger partial charge in [-0.2, -0.15) is 0 Å². The topological polar surface area (TPSA) is 55.1 Å². The molecule has 0 aliphatic carbocycles. The van der Waals surface area contributed by atoms with E-state index in [1.165, 1.54) is 0 Å². The van der Waals surface area contributed by atoms with Crippen LogP contribution in [-0.4, -0.2) is 19.0 Å². The highest BCUT2D eigenvalue weighted by Gasteiger charge is 2.05. The lowest BCUT2D eigenvalue weighted by Crippen LogP contribution is -2.28. The molecule has 0 aliphatic heterocycles. The van der Waals surface area contributed by atoms with E-state index < -0.39 is 0 Å². The van der Waals surface area contributed by atoms with Crippen LogP contribution in [0, 0.1) is 6.92 Å². The third-order valence-electron chi connectivity index (χ3n) is 1.85. The summed E-state index contributed by atoms with van der Waals surface area (Å²) in [5.41, 5.74) is 7.00. The Bertz CT molecular complexity index is 339. The summed E-state index contributed by atoms with van der Waals surface area (Å²) >= 11 is 3.38. The van der Waals surface area contributed by atoms with E-state index >= 15 is 0 Å². The SMILES string of the molecule is Cc1cc(C(=O)NCCN)ccc1Br. The number of amides is 1. The molecule has 1 aromatic carbocycles. The van der Waals surface area contributed by atoms with Crippen LogP contribution < -0.4 is 11.1 Å². The van der Waals surface area contributed by atoms with Crippen LogP contribution in [0.1, 0.15) is 15.9 Å². The predicted octanol–water partition coefficient (Wildman–Crippen LogP) is 1.45. The average Bonchev–Trinajstić information content (AvgIpc) is 2.18. The van der Waals surface area contributed by atoms with E-state index in [9.17, 15) is 4.79 Å². The zero-order valence-electron chi connectivity index (χ0n) is 8.01. The molecule has 1 aromatic rings. The van der Waals surface area contributed by atoms with E-state index in [-0.39, 0.29) is 5.91 Å². The molecule has 0 radical (unpaired) electrons. The normalized spacial score (nSPS) is 9.93. The Morgan fingerprint density at radius 1 is 1.57 bits per heavy atom. The second-order valence-corrected chi connectivity index (χ2v) is 3.86. The van der Waals surface area contributed by atoms with Crippen molar-refractivity contribution in [3.05, 3.63) is 33.8 Å². The lowest BCUT2D eigenvalue weighted by Gasteiger charge is -2.05. The van der Waals surface area contributed by atoms with Crippen molar-refractivity contribution in [1.82, 2.24) is 5.32 Å². The molecule has 3 nitrogen and oxygen atoms in total. The van der Waals surface area contributed by atoms with E-state index in [1.807, 2.05) is 19.1 Å². The zero-order chi connectivity index (χ0) is 10.6. The van der Waals surface area contributed by atoms with Crippen LogP contribution >= 0.6 is 15.9 Å². The summed E-state index contributed by atoms with van der Waals surface area (Å²) < 4.78 is 1.01. The molecule has 0 heterocycles. The van der Waals surface area contributed by atoms with Crippen LogP contribution in [0.15, 0.2) is 22.7 Å². The number of rotatable bonds is 3. The van der Waals surface area contributed by atoms with Gasteiger partial charge in [0.15, 0.2) is 0 Å². The second-order valence-electron chi connectivity index (χ2n) is 3.01. The van der Waals surface area contributed by atoms with Gasteiger partial charge in [-0.15, -0.1) is 0 Å². The Morgan fingerprint density at radius 2 is 2.29 bits per heavy atom. The number of aryl methyl sites for hydroxylation is 1. The molecule has 1 rings (SSSR count). The molecule has 0 saturated carbocycles. The molecule has 4 heteroatoms. The van der Waals surface area contributed by atoms with Gasteiger partial charge in [-0.1, -0.05) is 15.9 Å².